The van der Waals surface area contributed by atoms with Crippen LogP contribution in [-0.4, -0.2) is 36.2 Å². The smallest absolute Gasteiger partial charge is 0.138 e. The molecule has 3 aromatic rings. The minimum Gasteiger partial charge on any atom is -0.495 e. The van der Waals surface area contributed by atoms with Gasteiger partial charge in [0.25, 0.3) is 0 Å². The van der Waals surface area contributed by atoms with Crippen molar-refractivity contribution in [1.82, 2.24) is 4.90 Å². The van der Waals surface area contributed by atoms with E-state index < -0.39 is 6.10 Å². The molecule has 3 aromatic carbocycles. The molecule has 1 aliphatic rings. The third kappa shape index (κ3) is 4.98. The zero-order valence-electron chi connectivity index (χ0n) is 18.5. The van der Waals surface area contributed by atoms with E-state index in [1.807, 2.05) is 42.5 Å². The van der Waals surface area contributed by atoms with Crippen molar-refractivity contribution in [2.24, 2.45) is 0 Å². The molecule has 0 amide bonds. The molecular weight excluding hydrogens is 425 g/mol. The van der Waals surface area contributed by atoms with Crippen molar-refractivity contribution in [3.05, 3.63) is 88.2 Å². The lowest BCUT2D eigenvalue weighted by molar-refractivity contribution is 0.0533. The minimum absolute atomic E-state index is 0.0137. The predicted octanol–water partition coefficient (Wildman–Crippen LogP) is 6.33. The van der Waals surface area contributed by atoms with Gasteiger partial charge < -0.3 is 9.84 Å². The first-order valence-corrected chi connectivity index (χ1v) is 11.4. The van der Waals surface area contributed by atoms with Crippen LogP contribution in [0, 0.1) is 5.82 Å². The number of likely N-dealkylation sites (tertiary alicyclic amines) is 1. The highest BCUT2D eigenvalue weighted by molar-refractivity contribution is 6.37. The van der Waals surface area contributed by atoms with Crippen LogP contribution >= 0.6 is 11.6 Å². The Morgan fingerprint density at radius 2 is 1.81 bits per heavy atom. The number of allylic oxidation sites excluding steroid dienone is 1. The van der Waals surface area contributed by atoms with E-state index in [9.17, 15) is 9.50 Å². The molecule has 1 aliphatic heterocycles. The van der Waals surface area contributed by atoms with E-state index >= 15 is 0 Å². The highest BCUT2D eigenvalue weighted by Gasteiger charge is 2.26. The quantitative estimate of drug-likeness (QED) is 0.443. The molecule has 2 unspecified atom stereocenters. The molecule has 32 heavy (non-hydrogen) atoms. The van der Waals surface area contributed by atoms with Crippen LogP contribution in [0.15, 0.2) is 66.2 Å². The van der Waals surface area contributed by atoms with Crippen LogP contribution in [0.25, 0.3) is 10.8 Å². The van der Waals surface area contributed by atoms with Crippen LogP contribution in [0.3, 0.4) is 0 Å². The van der Waals surface area contributed by atoms with E-state index in [0.717, 1.165) is 54.3 Å². The van der Waals surface area contributed by atoms with Crippen LogP contribution in [0.2, 0.25) is 5.02 Å². The maximum Gasteiger partial charge on any atom is 0.138 e. The van der Waals surface area contributed by atoms with Gasteiger partial charge in [0, 0.05) is 24.5 Å². The fourth-order valence-electron chi connectivity index (χ4n) is 4.42. The number of rotatable bonds is 6. The summed E-state index contributed by atoms with van der Waals surface area (Å²) in [4.78, 5) is 2.35. The average molecular weight is 454 g/mol. The third-order valence-electron chi connectivity index (χ3n) is 6.52. The molecule has 0 aromatic heterocycles. The first kappa shape index (κ1) is 22.8. The third-order valence-corrected chi connectivity index (χ3v) is 6.91. The Labute approximate surface area is 194 Å². The topological polar surface area (TPSA) is 32.7 Å². The van der Waals surface area contributed by atoms with Gasteiger partial charge in [0.05, 0.1) is 18.2 Å². The molecule has 1 fully saturated rings. The number of aliphatic hydroxyl groups is 1. The van der Waals surface area contributed by atoms with E-state index in [-0.39, 0.29) is 11.9 Å². The predicted molar refractivity (Wildman–Crippen MR) is 129 cm³/mol. The number of ether oxygens (including phenoxy) is 1. The number of benzene rings is 3. The number of aliphatic hydroxyl groups excluding tert-OH is 1. The SMILES string of the molecule is COc1ccc2cc(C(O)C(C)N3CCC(=CCc4ccc(F)cc4)CC3)ccc2c1Cl. The van der Waals surface area contributed by atoms with Crippen molar-refractivity contribution in [2.45, 2.75) is 38.3 Å². The standard InChI is InChI=1S/C27H29ClFNO2/c1-18(27(31)22-7-11-24-21(17-22)8-12-25(32-2)26(24)28)30-15-13-20(14-16-30)4-3-19-5-9-23(29)10-6-19/h4-12,17-18,27,31H,3,13-16H2,1-2H3. The van der Waals surface area contributed by atoms with E-state index in [1.54, 1.807) is 7.11 Å². The molecule has 1 heterocycles. The summed E-state index contributed by atoms with van der Waals surface area (Å²) >= 11 is 6.43. The van der Waals surface area contributed by atoms with E-state index in [2.05, 4.69) is 17.9 Å². The second-order valence-electron chi connectivity index (χ2n) is 8.48. The molecule has 2 atom stereocenters. The lowest BCUT2D eigenvalue weighted by atomic mass is 9.95. The first-order valence-electron chi connectivity index (χ1n) is 11.1. The van der Waals surface area contributed by atoms with Gasteiger partial charge in [-0.1, -0.05) is 53.6 Å². The molecule has 0 radical (unpaired) electrons. The van der Waals surface area contributed by atoms with Gasteiger partial charge in [-0.15, -0.1) is 0 Å². The molecular formula is C27H29ClFNO2. The van der Waals surface area contributed by atoms with Gasteiger partial charge >= 0.3 is 0 Å². The number of methoxy groups -OCH3 is 1. The van der Waals surface area contributed by atoms with Crippen molar-refractivity contribution < 1.29 is 14.2 Å². The van der Waals surface area contributed by atoms with Crippen LogP contribution in [0.4, 0.5) is 4.39 Å². The van der Waals surface area contributed by atoms with Crippen molar-refractivity contribution in [1.29, 1.82) is 0 Å². The number of hydrogen-bond donors (Lipinski definition) is 1. The largest absolute Gasteiger partial charge is 0.495 e. The van der Waals surface area contributed by atoms with Gasteiger partial charge in [-0.2, -0.15) is 0 Å². The van der Waals surface area contributed by atoms with Crippen molar-refractivity contribution in [3.63, 3.8) is 0 Å². The lowest BCUT2D eigenvalue weighted by Crippen LogP contribution is -2.41. The van der Waals surface area contributed by atoms with Crippen molar-refractivity contribution in [2.75, 3.05) is 20.2 Å². The summed E-state index contributed by atoms with van der Waals surface area (Å²) in [6.45, 7) is 3.93. The molecule has 5 heteroatoms. The average Bonchev–Trinajstić information content (AvgIpc) is 2.83. The molecule has 0 saturated carbocycles. The number of nitrogens with zero attached hydrogens (tertiary/aromatic N) is 1. The molecule has 0 spiro atoms. The molecule has 1 saturated heterocycles. The molecule has 0 aliphatic carbocycles. The molecule has 3 nitrogen and oxygen atoms in total. The highest BCUT2D eigenvalue weighted by Crippen LogP contribution is 2.35. The lowest BCUT2D eigenvalue weighted by Gasteiger charge is -2.36. The van der Waals surface area contributed by atoms with Gasteiger partial charge in [0.2, 0.25) is 0 Å². The van der Waals surface area contributed by atoms with Crippen LogP contribution in [0.5, 0.6) is 5.75 Å². The zero-order valence-corrected chi connectivity index (χ0v) is 19.3. The molecule has 0 bridgehead atoms. The molecule has 1 N–H and O–H groups in total. The second-order valence-corrected chi connectivity index (χ2v) is 8.85. The first-order chi connectivity index (χ1) is 15.5. The van der Waals surface area contributed by atoms with Crippen LogP contribution in [-0.2, 0) is 6.42 Å². The Kier molecular flexibility index (Phi) is 7.14. The Bertz CT molecular complexity index is 1100. The number of halogens is 2. The monoisotopic (exact) mass is 453 g/mol. The number of fused-ring (bicyclic) bond motifs is 1. The minimum atomic E-state index is -0.579. The number of piperidine rings is 1. The van der Waals surface area contributed by atoms with Crippen LogP contribution < -0.4 is 4.74 Å². The summed E-state index contributed by atoms with van der Waals surface area (Å²) < 4.78 is 18.4. The maximum absolute atomic E-state index is 13.1. The maximum atomic E-state index is 13.1. The normalized spacial score (nSPS) is 16.7. The van der Waals surface area contributed by atoms with Crippen LogP contribution in [0.1, 0.15) is 37.0 Å². The fourth-order valence-corrected chi connectivity index (χ4v) is 4.73. The summed E-state index contributed by atoms with van der Waals surface area (Å²) in [6.07, 6.45) is 4.51. The number of hydrogen-bond acceptors (Lipinski definition) is 3. The summed E-state index contributed by atoms with van der Waals surface area (Å²) in [5.41, 5.74) is 3.45. The summed E-state index contributed by atoms with van der Waals surface area (Å²) in [6, 6.07) is 16.5. The van der Waals surface area contributed by atoms with Gasteiger partial charge in [0.1, 0.15) is 11.6 Å². The highest BCUT2D eigenvalue weighted by atomic mass is 35.5. The Morgan fingerprint density at radius 3 is 2.50 bits per heavy atom. The van der Waals surface area contributed by atoms with Crippen molar-refractivity contribution in [3.8, 4) is 5.75 Å². The van der Waals surface area contributed by atoms with Gasteiger partial charge in [-0.3, -0.25) is 4.90 Å². The van der Waals surface area contributed by atoms with E-state index in [0.29, 0.717) is 10.8 Å². The Morgan fingerprint density at radius 1 is 1.09 bits per heavy atom. The van der Waals surface area contributed by atoms with Gasteiger partial charge in [0.15, 0.2) is 0 Å². The molecule has 168 valence electrons. The summed E-state index contributed by atoms with van der Waals surface area (Å²) in [5.74, 6) is 0.453. The van der Waals surface area contributed by atoms with Gasteiger partial charge in [-0.05, 0) is 67.0 Å². The van der Waals surface area contributed by atoms with Gasteiger partial charge in [-0.25, -0.2) is 4.39 Å². The van der Waals surface area contributed by atoms with E-state index in [1.165, 1.54) is 17.7 Å². The Balaban J connectivity index is 1.38. The zero-order chi connectivity index (χ0) is 22.7. The summed E-state index contributed by atoms with van der Waals surface area (Å²) in [7, 11) is 1.61. The fraction of sp³-hybridized carbons (Fsp3) is 0.333. The summed E-state index contributed by atoms with van der Waals surface area (Å²) in [5, 5.41) is 13.6. The van der Waals surface area contributed by atoms with Crippen molar-refractivity contribution >= 4 is 22.4 Å². The van der Waals surface area contributed by atoms with E-state index in [4.69, 9.17) is 16.3 Å². The second kappa shape index (κ2) is 10.0. The Hall–Kier alpha value is -2.40. The molecule has 4 rings (SSSR count).